The van der Waals surface area contributed by atoms with E-state index in [1.165, 1.54) is 22.8 Å². The Balaban J connectivity index is 1.46. The van der Waals surface area contributed by atoms with Crippen molar-refractivity contribution >= 4 is 39.6 Å². The number of rotatable bonds is 6. The Hall–Kier alpha value is -3.94. The molecule has 8 heteroatoms. The van der Waals surface area contributed by atoms with E-state index in [0.29, 0.717) is 11.1 Å². The predicted octanol–water partition coefficient (Wildman–Crippen LogP) is 2.80. The fraction of sp³-hybridized carbons (Fsp3) is 0.217. The number of likely N-dealkylation sites (N-methyl/N-ethyl adjacent to an activating group) is 1. The summed E-state index contributed by atoms with van der Waals surface area (Å²) in [6, 6.07) is 14.8. The molecule has 8 nitrogen and oxygen atoms in total. The van der Waals surface area contributed by atoms with Crippen LogP contribution in [0.25, 0.3) is 22.1 Å². The number of aryl methyl sites for hydroxylation is 1. The number of furan rings is 1. The van der Waals surface area contributed by atoms with Gasteiger partial charge in [0.15, 0.2) is 0 Å². The number of amides is 2. The van der Waals surface area contributed by atoms with Gasteiger partial charge in [0.2, 0.25) is 17.4 Å². The van der Waals surface area contributed by atoms with Crippen LogP contribution in [0.5, 0.6) is 0 Å². The molecular weight excluding hydrogens is 396 g/mol. The summed E-state index contributed by atoms with van der Waals surface area (Å²) < 4.78 is 6.82. The molecule has 0 aliphatic carbocycles. The van der Waals surface area contributed by atoms with Gasteiger partial charge in [-0.2, -0.15) is 0 Å². The van der Waals surface area contributed by atoms with Crippen LogP contribution in [0.4, 0.5) is 5.69 Å². The summed E-state index contributed by atoms with van der Waals surface area (Å²) in [5.41, 5.74) is 2.43. The Kier molecular flexibility index (Phi) is 5.53. The van der Waals surface area contributed by atoms with E-state index in [-0.39, 0.29) is 24.6 Å². The number of hydrogen-bond donors (Lipinski definition) is 1. The predicted molar refractivity (Wildman–Crippen MR) is 118 cm³/mol. The molecule has 0 unspecified atom stereocenters. The van der Waals surface area contributed by atoms with Crippen molar-refractivity contribution in [3.63, 3.8) is 0 Å². The first-order valence-corrected chi connectivity index (χ1v) is 9.96. The lowest BCUT2D eigenvalue weighted by molar-refractivity contribution is -0.133. The van der Waals surface area contributed by atoms with Crippen LogP contribution in [-0.2, 0) is 22.6 Å². The second-order valence-electron chi connectivity index (χ2n) is 7.26. The number of anilines is 1. The number of fused-ring (bicyclic) bond motifs is 3. The maximum atomic E-state index is 12.8. The first kappa shape index (κ1) is 20.3. The van der Waals surface area contributed by atoms with Crippen LogP contribution in [0.1, 0.15) is 12.5 Å². The highest BCUT2D eigenvalue weighted by Gasteiger charge is 2.18. The van der Waals surface area contributed by atoms with Crippen LogP contribution in [0.2, 0.25) is 0 Å². The molecule has 2 aromatic heterocycles. The molecule has 2 amide bonds. The number of nitrogens with zero attached hydrogens (tertiary/aromatic N) is 3. The van der Waals surface area contributed by atoms with Crippen LogP contribution in [0.3, 0.4) is 0 Å². The van der Waals surface area contributed by atoms with E-state index in [0.717, 1.165) is 23.1 Å². The number of aromatic nitrogens is 2. The van der Waals surface area contributed by atoms with E-state index >= 15 is 0 Å². The maximum absolute atomic E-state index is 12.8. The third-order valence-electron chi connectivity index (χ3n) is 5.14. The molecule has 0 saturated heterocycles. The maximum Gasteiger partial charge on any atom is 0.297 e. The summed E-state index contributed by atoms with van der Waals surface area (Å²) in [7, 11) is 1.52. The summed E-state index contributed by atoms with van der Waals surface area (Å²) in [5, 5.41) is 3.58. The fourth-order valence-electron chi connectivity index (χ4n) is 3.44. The highest BCUT2D eigenvalue weighted by Crippen LogP contribution is 2.24. The van der Waals surface area contributed by atoms with Gasteiger partial charge in [0.25, 0.3) is 5.56 Å². The molecule has 0 bridgehead atoms. The van der Waals surface area contributed by atoms with Crippen molar-refractivity contribution in [2.75, 3.05) is 18.9 Å². The Bertz CT molecular complexity index is 1340. The summed E-state index contributed by atoms with van der Waals surface area (Å²) in [6.45, 7) is 1.63. The lowest BCUT2D eigenvalue weighted by Gasteiger charge is -2.18. The number of para-hydroxylation sites is 2. The zero-order valence-corrected chi connectivity index (χ0v) is 17.3. The van der Waals surface area contributed by atoms with Crippen molar-refractivity contribution in [1.29, 1.82) is 0 Å². The molecule has 4 rings (SSSR count). The lowest BCUT2D eigenvalue weighted by Crippen LogP contribution is -2.38. The third kappa shape index (κ3) is 4.05. The number of carbonyl (C=O) groups excluding carboxylic acids is 2. The van der Waals surface area contributed by atoms with E-state index in [2.05, 4.69) is 10.3 Å². The summed E-state index contributed by atoms with van der Waals surface area (Å²) in [4.78, 5) is 43.3. The van der Waals surface area contributed by atoms with Gasteiger partial charge in [-0.25, -0.2) is 4.98 Å². The molecule has 2 aromatic carbocycles. The molecule has 0 aliphatic rings. The number of carbonyl (C=O) groups is 2. The third-order valence-corrected chi connectivity index (χ3v) is 5.14. The minimum absolute atomic E-state index is 0.105. The van der Waals surface area contributed by atoms with E-state index in [1.54, 1.807) is 6.07 Å². The minimum Gasteiger partial charge on any atom is -0.448 e. The van der Waals surface area contributed by atoms with Gasteiger partial charge in [0.1, 0.15) is 17.6 Å². The Morgan fingerprint density at radius 3 is 2.68 bits per heavy atom. The molecule has 2 heterocycles. The van der Waals surface area contributed by atoms with Crippen molar-refractivity contribution in [2.45, 2.75) is 19.9 Å². The van der Waals surface area contributed by atoms with Gasteiger partial charge >= 0.3 is 0 Å². The lowest BCUT2D eigenvalue weighted by atomic mass is 10.1. The van der Waals surface area contributed by atoms with Crippen molar-refractivity contribution in [1.82, 2.24) is 14.5 Å². The molecular formula is C23H22N4O4. The van der Waals surface area contributed by atoms with Crippen LogP contribution in [0.15, 0.2) is 64.1 Å². The van der Waals surface area contributed by atoms with Crippen molar-refractivity contribution in [3.05, 3.63) is 70.8 Å². The van der Waals surface area contributed by atoms with Gasteiger partial charge in [-0.15, -0.1) is 0 Å². The van der Waals surface area contributed by atoms with Crippen LogP contribution in [0, 0.1) is 0 Å². The summed E-state index contributed by atoms with van der Waals surface area (Å²) in [5.74, 6) is -0.701. The van der Waals surface area contributed by atoms with E-state index in [4.69, 9.17) is 4.42 Å². The van der Waals surface area contributed by atoms with Gasteiger partial charge in [0, 0.05) is 18.1 Å². The smallest absolute Gasteiger partial charge is 0.297 e. The van der Waals surface area contributed by atoms with Crippen molar-refractivity contribution < 1.29 is 14.0 Å². The van der Waals surface area contributed by atoms with Gasteiger partial charge in [0.05, 0.1) is 12.9 Å². The Morgan fingerprint density at radius 2 is 1.87 bits per heavy atom. The molecule has 4 aromatic rings. The van der Waals surface area contributed by atoms with Crippen LogP contribution >= 0.6 is 0 Å². The van der Waals surface area contributed by atoms with E-state index in [1.807, 2.05) is 49.4 Å². The molecule has 1 N–H and O–H groups in total. The largest absolute Gasteiger partial charge is 0.448 e. The standard InChI is InChI=1S/C23H22N4O4/c1-3-15-8-4-6-10-17(15)25-19(28)12-26(2)20(29)13-27-14-24-21-16-9-5-7-11-18(16)31-22(21)23(27)30/h4-11,14H,3,12-13H2,1-2H3,(H,25,28). The molecule has 0 radical (unpaired) electrons. The van der Waals surface area contributed by atoms with Crippen molar-refractivity contribution in [3.8, 4) is 0 Å². The number of benzene rings is 2. The van der Waals surface area contributed by atoms with Crippen LogP contribution < -0.4 is 10.9 Å². The summed E-state index contributed by atoms with van der Waals surface area (Å²) in [6.07, 6.45) is 2.11. The topological polar surface area (TPSA) is 97.4 Å². The monoisotopic (exact) mass is 418 g/mol. The second-order valence-corrected chi connectivity index (χ2v) is 7.26. The SMILES string of the molecule is CCc1ccccc1NC(=O)CN(C)C(=O)Cn1cnc2c(oc3ccccc32)c1=O. The molecule has 31 heavy (non-hydrogen) atoms. The zero-order valence-electron chi connectivity index (χ0n) is 17.3. The number of nitrogens with one attached hydrogen (secondary N) is 1. The molecule has 0 spiro atoms. The van der Waals surface area contributed by atoms with E-state index < -0.39 is 11.5 Å². The number of hydrogen-bond acceptors (Lipinski definition) is 5. The van der Waals surface area contributed by atoms with Gasteiger partial charge in [-0.1, -0.05) is 37.3 Å². The highest BCUT2D eigenvalue weighted by molar-refractivity contribution is 6.01. The van der Waals surface area contributed by atoms with Gasteiger partial charge < -0.3 is 14.6 Å². The first-order chi connectivity index (χ1) is 15.0. The average Bonchev–Trinajstić information content (AvgIpc) is 3.15. The minimum atomic E-state index is -0.440. The first-order valence-electron chi connectivity index (χ1n) is 9.96. The molecule has 0 aliphatic heterocycles. The Labute approximate surface area is 178 Å². The average molecular weight is 418 g/mol. The van der Waals surface area contributed by atoms with Gasteiger partial charge in [-0.3, -0.25) is 19.0 Å². The molecule has 0 atom stereocenters. The van der Waals surface area contributed by atoms with E-state index in [9.17, 15) is 14.4 Å². The molecule has 0 fully saturated rings. The molecule has 158 valence electrons. The summed E-state index contributed by atoms with van der Waals surface area (Å²) >= 11 is 0. The highest BCUT2D eigenvalue weighted by atomic mass is 16.3. The molecule has 0 saturated carbocycles. The second kappa shape index (κ2) is 8.43. The normalized spacial score (nSPS) is 11.0. The van der Waals surface area contributed by atoms with Crippen molar-refractivity contribution in [2.24, 2.45) is 0 Å². The van der Waals surface area contributed by atoms with Crippen LogP contribution in [-0.4, -0.2) is 39.9 Å². The zero-order chi connectivity index (χ0) is 22.0. The van der Waals surface area contributed by atoms with Gasteiger partial charge in [-0.05, 0) is 30.2 Å². The Morgan fingerprint density at radius 1 is 1.13 bits per heavy atom. The fourth-order valence-corrected chi connectivity index (χ4v) is 3.44. The quantitative estimate of drug-likeness (QED) is 0.519.